The minimum Gasteiger partial charge on any atom is -0.396 e. The molecule has 2 aromatic rings. The largest absolute Gasteiger partial charge is 0.396 e. The first-order chi connectivity index (χ1) is 17.6. The number of piperazine rings is 1. The van der Waals surface area contributed by atoms with Gasteiger partial charge in [0.15, 0.2) is 11.6 Å². The minimum absolute atomic E-state index is 0.0757. The van der Waals surface area contributed by atoms with Crippen LogP contribution in [0.25, 0.3) is 0 Å². The normalized spacial score (nSPS) is 14.8. The number of nitriles is 1. The molecular formula is C24H28F2N10O. The van der Waals surface area contributed by atoms with E-state index in [1.54, 1.807) is 16.7 Å². The van der Waals surface area contributed by atoms with Crippen molar-refractivity contribution in [1.29, 1.82) is 16.1 Å². The van der Waals surface area contributed by atoms with Crippen LogP contribution in [0.5, 0.6) is 0 Å². The van der Waals surface area contributed by atoms with Crippen LogP contribution in [-0.2, 0) is 0 Å². The predicted octanol–water partition coefficient (Wildman–Crippen LogP) is 2.88. The maximum Gasteiger partial charge on any atom is 0.318 e. The Morgan fingerprint density at radius 2 is 1.97 bits per heavy atom. The molecule has 1 aromatic carbocycles. The minimum atomic E-state index is -0.675. The summed E-state index contributed by atoms with van der Waals surface area (Å²) in [5.41, 5.74) is 7.06. The van der Waals surface area contributed by atoms with E-state index in [0.29, 0.717) is 37.4 Å². The second-order valence-corrected chi connectivity index (χ2v) is 8.46. The van der Waals surface area contributed by atoms with Crippen molar-refractivity contribution in [2.45, 2.75) is 26.3 Å². The van der Waals surface area contributed by atoms with Gasteiger partial charge in [-0.05, 0) is 43.8 Å². The third kappa shape index (κ3) is 6.75. The first-order valence-electron chi connectivity index (χ1n) is 11.4. The second kappa shape index (κ2) is 11.9. The lowest BCUT2D eigenvalue weighted by Gasteiger charge is -2.35. The molecule has 0 saturated carbocycles. The molecule has 1 saturated heterocycles. The van der Waals surface area contributed by atoms with E-state index in [1.165, 1.54) is 19.1 Å². The van der Waals surface area contributed by atoms with Gasteiger partial charge in [0.1, 0.15) is 5.82 Å². The van der Waals surface area contributed by atoms with E-state index in [0.717, 1.165) is 18.5 Å². The number of carbonyl (C=O) groups is 1. The summed E-state index contributed by atoms with van der Waals surface area (Å²) in [7, 11) is 0. The van der Waals surface area contributed by atoms with E-state index >= 15 is 0 Å². The maximum absolute atomic E-state index is 14.3. The number of nitrogens with two attached hydrogens (primary N) is 1. The summed E-state index contributed by atoms with van der Waals surface area (Å²) >= 11 is 0. The van der Waals surface area contributed by atoms with E-state index in [-0.39, 0.29) is 35.2 Å². The van der Waals surface area contributed by atoms with Gasteiger partial charge in [-0.3, -0.25) is 0 Å². The number of hydrogen-bond acceptors (Lipinski definition) is 9. The molecule has 0 aliphatic carbocycles. The highest BCUT2D eigenvalue weighted by atomic mass is 19.1. The van der Waals surface area contributed by atoms with Gasteiger partial charge >= 0.3 is 6.03 Å². The van der Waals surface area contributed by atoms with Crippen LogP contribution >= 0.6 is 0 Å². The second-order valence-electron chi connectivity index (χ2n) is 8.46. The standard InChI is InChI=1S/C24H28F2N10O/c1-14(29)21(30)15(2)32-22-19(26)13-31-23(34-22)35-5-7-36(8-6-35)24(37)33-20(3-4-27)17-9-16(12-28)10-18(25)11-17/h4,9-11,13,20,27,29H,3,5-8,30H2,1-2H3,(H,33,37)(H,31,32,34)/b21-15+,27-4?,29-14?/t20-/m0/s1. The fraction of sp³-hybridized carbons (Fsp3) is 0.333. The first-order valence-corrected chi connectivity index (χ1v) is 11.4. The number of anilines is 2. The number of aromatic nitrogens is 2. The molecule has 0 bridgehead atoms. The number of urea groups is 1. The molecule has 1 aliphatic rings. The fourth-order valence-electron chi connectivity index (χ4n) is 3.75. The first kappa shape index (κ1) is 27.0. The Bertz CT molecular complexity index is 1260. The monoisotopic (exact) mass is 510 g/mol. The van der Waals surface area contributed by atoms with Gasteiger partial charge in [0.2, 0.25) is 5.95 Å². The zero-order valence-corrected chi connectivity index (χ0v) is 20.5. The van der Waals surface area contributed by atoms with Crippen molar-refractivity contribution in [3.05, 3.63) is 58.6 Å². The van der Waals surface area contributed by atoms with Crippen molar-refractivity contribution >= 4 is 29.7 Å². The number of benzene rings is 1. The zero-order valence-electron chi connectivity index (χ0n) is 20.5. The molecule has 2 amide bonds. The van der Waals surface area contributed by atoms with Crippen LogP contribution in [0.4, 0.5) is 25.3 Å². The van der Waals surface area contributed by atoms with Crippen LogP contribution in [0.1, 0.15) is 37.4 Å². The number of hydrogen-bond donors (Lipinski definition) is 5. The SMILES string of the molecule is CC(=N)/C(N)=C(/C)Nc1nc(N2CCN(C(=O)N[C@@H](CC=N)c3cc(F)cc(C#N)c3)CC2)ncc1F. The highest BCUT2D eigenvalue weighted by Crippen LogP contribution is 2.21. The van der Waals surface area contributed by atoms with Gasteiger partial charge in [-0.1, -0.05) is 0 Å². The Morgan fingerprint density at radius 3 is 2.59 bits per heavy atom. The summed E-state index contributed by atoms with van der Waals surface area (Å²) in [6.45, 7) is 4.53. The average Bonchev–Trinajstić information content (AvgIpc) is 2.88. The highest BCUT2D eigenvalue weighted by molar-refractivity contribution is 5.95. The lowest BCUT2D eigenvalue weighted by atomic mass is 10.0. The van der Waals surface area contributed by atoms with Crippen molar-refractivity contribution in [2.75, 3.05) is 36.4 Å². The van der Waals surface area contributed by atoms with E-state index in [4.69, 9.17) is 21.8 Å². The Hall–Kier alpha value is -4.60. The van der Waals surface area contributed by atoms with Crippen molar-refractivity contribution in [2.24, 2.45) is 5.73 Å². The number of nitrogens with zero attached hydrogens (tertiary/aromatic N) is 5. The van der Waals surface area contributed by atoms with Gasteiger partial charge in [-0.2, -0.15) is 10.2 Å². The number of nitrogens with one attached hydrogen (secondary N) is 4. The Labute approximate surface area is 213 Å². The Balaban J connectivity index is 1.66. The van der Waals surface area contributed by atoms with E-state index in [9.17, 15) is 13.6 Å². The predicted molar refractivity (Wildman–Crippen MR) is 135 cm³/mol. The molecule has 1 aliphatic heterocycles. The third-order valence-electron chi connectivity index (χ3n) is 5.80. The fourth-order valence-corrected chi connectivity index (χ4v) is 3.75. The average molecular weight is 511 g/mol. The van der Waals surface area contributed by atoms with E-state index in [1.807, 2.05) is 6.07 Å². The number of amides is 2. The van der Waals surface area contributed by atoms with Gasteiger partial charge in [0.25, 0.3) is 0 Å². The molecule has 0 unspecified atom stereocenters. The molecule has 6 N–H and O–H groups in total. The molecule has 0 radical (unpaired) electrons. The Kier molecular flexibility index (Phi) is 8.68. The van der Waals surface area contributed by atoms with Crippen LogP contribution in [0, 0.1) is 33.8 Å². The van der Waals surface area contributed by atoms with Crippen molar-refractivity contribution in [3.8, 4) is 6.07 Å². The Morgan fingerprint density at radius 1 is 1.27 bits per heavy atom. The van der Waals surface area contributed by atoms with Crippen molar-refractivity contribution < 1.29 is 13.6 Å². The zero-order chi connectivity index (χ0) is 27.1. The molecule has 11 nitrogen and oxygen atoms in total. The maximum atomic E-state index is 14.3. The number of rotatable bonds is 8. The molecule has 3 rings (SSSR count). The molecular weight excluding hydrogens is 482 g/mol. The smallest absolute Gasteiger partial charge is 0.318 e. The molecule has 0 spiro atoms. The number of allylic oxidation sites excluding steroid dienone is 2. The molecule has 1 atom stereocenters. The molecule has 2 heterocycles. The summed E-state index contributed by atoms with van der Waals surface area (Å²) in [6.07, 6.45) is 2.29. The third-order valence-corrected chi connectivity index (χ3v) is 5.80. The summed E-state index contributed by atoms with van der Waals surface area (Å²) in [6, 6.07) is 4.64. The van der Waals surface area contributed by atoms with Gasteiger partial charge in [-0.25, -0.2) is 18.6 Å². The summed E-state index contributed by atoms with van der Waals surface area (Å²) < 4.78 is 28.2. The molecule has 1 aromatic heterocycles. The molecule has 194 valence electrons. The summed E-state index contributed by atoms with van der Waals surface area (Å²) in [4.78, 5) is 24.6. The lowest BCUT2D eigenvalue weighted by Crippen LogP contribution is -2.52. The van der Waals surface area contributed by atoms with E-state index < -0.39 is 23.7 Å². The van der Waals surface area contributed by atoms with Crippen molar-refractivity contribution in [3.63, 3.8) is 0 Å². The molecule has 13 heteroatoms. The van der Waals surface area contributed by atoms with Crippen LogP contribution in [0.2, 0.25) is 0 Å². The number of carbonyl (C=O) groups excluding carboxylic acids is 1. The van der Waals surface area contributed by atoms with Crippen LogP contribution < -0.4 is 21.3 Å². The van der Waals surface area contributed by atoms with Crippen molar-refractivity contribution in [1.82, 2.24) is 20.2 Å². The van der Waals surface area contributed by atoms with Gasteiger partial charge in [0.05, 0.1) is 35.3 Å². The van der Waals surface area contributed by atoms with Crippen LogP contribution in [0.15, 0.2) is 35.8 Å². The topological polar surface area (TPSA) is 171 Å². The lowest BCUT2D eigenvalue weighted by molar-refractivity contribution is 0.190. The quantitative estimate of drug-likeness (QED) is 0.340. The summed E-state index contributed by atoms with van der Waals surface area (Å²) in [5.74, 6) is -1.08. The van der Waals surface area contributed by atoms with Gasteiger partial charge in [-0.15, -0.1) is 0 Å². The molecule has 37 heavy (non-hydrogen) atoms. The number of halogens is 2. The highest BCUT2D eigenvalue weighted by Gasteiger charge is 2.25. The van der Waals surface area contributed by atoms with Gasteiger partial charge in [0, 0.05) is 38.3 Å². The molecule has 1 fully saturated rings. The van der Waals surface area contributed by atoms with Crippen LogP contribution in [0.3, 0.4) is 0 Å². The van der Waals surface area contributed by atoms with E-state index in [2.05, 4.69) is 20.6 Å². The van der Waals surface area contributed by atoms with Gasteiger partial charge < -0.3 is 37.0 Å². The van der Waals surface area contributed by atoms with Crippen LogP contribution in [-0.4, -0.2) is 59.0 Å². The summed E-state index contributed by atoms with van der Waals surface area (Å²) in [5, 5.41) is 29.8.